The molecule has 1 aliphatic heterocycles. The fourth-order valence-electron chi connectivity index (χ4n) is 3.25. The minimum Gasteiger partial charge on any atom is -0.331 e. The molecule has 122 valence electrons. The van der Waals surface area contributed by atoms with Gasteiger partial charge in [0.1, 0.15) is 0 Å². The molecule has 2 heterocycles. The lowest BCUT2D eigenvalue weighted by atomic mass is 9.88. The van der Waals surface area contributed by atoms with E-state index in [0.29, 0.717) is 6.42 Å². The molecule has 2 aromatic rings. The van der Waals surface area contributed by atoms with Crippen molar-refractivity contribution >= 4 is 17.2 Å². The summed E-state index contributed by atoms with van der Waals surface area (Å²) in [6.07, 6.45) is 1.57. The van der Waals surface area contributed by atoms with E-state index < -0.39 is 0 Å². The van der Waals surface area contributed by atoms with Gasteiger partial charge in [-0.3, -0.25) is 4.79 Å². The van der Waals surface area contributed by atoms with Crippen LogP contribution in [0.15, 0.2) is 35.7 Å². The molecule has 0 aliphatic carbocycles. The molecule has 1 amide bonds. The number of thiophene rings is 1. The maximum atomic E-state index is 12.9. The fraction of sp³-hybridized carbons (Fsp3) is 0.450. The van der Waals surface area contributed by atoms with Crippen LogP contribution in [0.25, 0.3) is 0 Å². The maximum absolute atomic E-state index is 12.9. The van der Waals surface area contributed by atoms with Crippen molar-refractivity contribution in [3.63, 3.8) is 0 Å². The third-order valence-corrected chi connectivity index (χ3v) is 5.36. The van der Waals surface area contributed by atoms with Crippen LogP contribution >= 0.6 is 11.3 Å². The number of nitrogens with zero attached hydrogens (tertiary/aromatic N) is 1. The van der Waals surface area contributed by atoms with Crippen LogP contribution in [0, 0.1) is 12.3 Å². The standard InChI is InChI=1S/C20H25NOS/c1-14-5-7-15(8-6-14)19-16-10-12-23-17(16)9-11-21(19)18(22)13-20(2,3)4/h5-8,10,12,19H,9,11,13H2,1-4H3/t19-/m0/s1. The zero-order chi connectivity index (χ0) is 16.6. The monoisotopic (exact) mass is 327 g/mol. The van der Waals surface area contributed by atoms with Crippen LogP contribution in [0.2, 0.25) is 0 Å². The van der Waals surface area contributed by atoms with E-state index in [1.807, 2.05) is 11.3 Å². The SMILES string of the molecule is Cc1ccc([C@H]2c3ccsc3CCN2C(=O)CC(C)(C)C)cc1. The molecule has 3 rings (SSSR count). The number of fused-ring (bicyclic) bond motifs is 1. The highest BCUT2D eigenvalue weighted by molar-refractivity contribution is 7.10. The molecule has 1 aliphatic rings. The van der Waals surface area contributed by atoms with E-state index in [2.05, 4.69) is 68.3 Å². The summed E-state index contributed by atoms with van der Waals surface area (Å²) in [5.74, 6) is 0.264. The average Bonchev–Trinajstić information content (AvgIpc) is 2.93. The summed E-state index contributed by atoms with van der Waals surface area (Å²) < 4.78 is 0. The molecule has 23 heavy (non-hydrogen) atoms. The van der Waals surface area contributed by atoms with Gasteiger partial charge in [-0.2, -0.15) is 0 Å². The lowest BCUT2D eigenvalue weighted by Gasteiger charge is -2.37. The molecule has 2 nitrogen and oxygen atoms in total. The maximum Gasteiger partial charge on any atom is 0.223 e. The first-order valence-corrected chi connectivity index (χ1v) is 9.15. The second-order valence-corrected chi connectivity index (χ2v) is 8.69. The molecule has 0 radical (unpaired) electrons. The Kier molecular flexibility index (Phi) is 4.33. The van der Waals surface area contributed by atoms with Gasteiger partial charge < -0.3 is 4.90 Å². The number of amides is 1. The zero-order valence-corrected chi connectivity index (χ0v) is 15.2. The number of carbonyl (C=O) groups excluding carboxylic acids is 1. The molecule has 0 fully saturated rings. The molecule has 0 saturated heterocycles. The van der Waals surface area contributed by atoms with Gasteiger partial charge in [0, 0.05) is 17.8 Å². The smallest absolute Gasteiger partial charge is 0.223 e. The Morgan fingerprint density at radius 2 is 1.91 bits per heavy atom. The topological polar surface area (TPSA) is 20.3 Å². The van der Waals surface area contributed by atoms with E-state index in [1.54, 1.807) is 0 Å². The van der Waals surface area contributed by atoms with Gasteiger partial charge in [0.15, 0.2) is 0 Å². The van der Waals surface area contributed by atoms with Crippen LogP contribution in [0.4, 0.5) is 0 Å². The van der Waals surface area contributed by atoms with E-state index >= 15 is 0 Å². The molecule has 3 heteroatoms. The van der Waals surface area contributed by atoms with Gasteiger partial charge in [-0.15, -0.1) is 11.3 Å². The molecular formula is C20H25NOS. The molecule has 0 spiro atoms. The predicted octanol–water partition coefficient (Wildman–Crippen LogP) is 4.97. The highest BCUT2D eigenvalue weighted by atomic mass is 32.1. The van der Waals surface area contributed by atoms with Crippen molar-refractivity contribution in [1.82, 2.24) is 4.90 Å². The number of carbonyl (C=O) groups is 1. The molecule has 1 aromatic heterocycles. The van der Waals surface area contributed by atoms with E-state index in [-0.39, 0.29) is 17.4 Å². The Morgan fingerprint density at radius 1 is 1.22 bits per heavy atom. The van der Waals surface area contributed by atoms with Crippen molar-refractivity contribution in [1.29, 1.82) is 0 Å². The molecule has 0 N–H and O–H groups in total. The third-order valence-electron chi connectivity index (χ3n) is 4.36. The van der Waals surface area contributed by atoms with Gasteiger partial charge in [0.2, 0.25) is 5.91 Å². The summed E-state index contributed by atoms with van der Waals surface area (Å²) in [5.41, 5.74) is 3.80. The summed E-state index contributed by atoms with van der Waals surface area (Å²) >= 11 is 1.82. The molecule has 0 saturated carbocycles. The van der Waals surface area contributed by atoms with Crippen molar-refractivity contribution in [2.24, 2.45) is 5.41 Å². The Labute approximate surface area is 143 Å². The quantitative estimate of drug-likeness (QED) is 0.763. The Balaban J connectivity index is 1.98. The first-order chi connectivity index (χ1) is 10.8. The number of benzene rings is 1. The summed E-state index contributed by atoms with van der Waals surface area (Å²) in [6.45, 7) is 9.31. The lowest BCUT2D eigenvalue weighted by Crippen LogP contribution is -2.41. The van der Waals surface area contributed by atoms with Gasteiger partial charge >= 0.3 is 0 Å². The lowest BCUT2D eigenvalue weighted by molar-refractivity contribution is -0.135. The number of hydrogen-bond acceptors (Lipinski definition) is 2. The minimum atomic E-state index is 0.0177. The average molecular weight is 327 g/mol. The summed E-state index contributed by atoms with van der Waals surface area (Å²) in [5, 5.41) is 2.16. The first kappa shape index (κ1) is 16.3. The second-order valence-electron chi connectivity index (χ2n) is 7.69. The van der Waals surface area contributed by atoms with Gasteiger partial charge in [-0.05, 0) is 41.3 Å². The predicted molar refractivity (Wildman–Crippen MR) is 96.8 cm³/mol. The zero-order valence-electron chi connectivity index (χ0n) is 14.4. The van der Waals surface area contributed by atoms with Crippen molar-refractivity contribution in [3.05, 3.63) is 57.3 Å². The third kappa shape index (κ3) is 3.50. The number of rotatable bonds is 2. The second kappa shape index (κ2) is 6.12. The molecule has 0 bridgehead atoms. The van der Waals surface area contributed by atoms with Crippen molar-refractivity contribution in [2.75, 3.05) is 6.54 Å². The van der Waals surface area contributed by atoms with Crippen molar-refractivity contribution < 1.29 is 4.79 Å². The first-order valence-electron chi connectivity index (χ1n) is 8.27. The Hall–Kier alpha value is -1.61. The number of hydrogen-bond donors (Lipinski definition) is 0. The normalized spacial score (nSPS) is 17.9. The highest BCUT2D eigenvalue weighted by Gasteiger charge is 2.33. The van der Waals surface area contributed by atoms with Crippen LogP contribution in [0.1, 0.15) is 54.8 Å². The molecule has 0 unspecified atom stereocenters. The van der Waals surface area contributed by atoms with Crippen LogP contribution in [-0.2, 0) is 11.2 Å². The van der Waals surface area contributed by atoms with Crippen LogP contribution in [0.3, 0.4) is 0 Å². The summed E-state index contributed by atoms with van der Waals surface area (Å²) in [4.78, 5) is 16.4. The van der Waals surface area contributed by atoms with Gasteiger partial charge in [0.05, 0.1) is 6.04 Å². The van der Waals surface area contributed by atoms with Crippen LogP contribution in [0.5, 0.6) is 0 Å². The summed E-state index contributed by atoms with van der Waals surface area (Å²) in [7, 11) is 0. The Bertz CT molecular complexity index is 693. The van der Waals surface area contributed by atoms with Gasteiger partial charge in [-0.1, -0.05) is 50.6 Å². The van der Waals surface area contributed by atoms with Crippen molar-refractivity contribution in [2.45, 2.75) is 46.6 Å². The number of aryl methyl sites for hydroxylation is 1. The fourth-order valence-corrected chi connectivity index (χ4v) is 4.15. The van der Waals surface area contributed by atoms with E-state index in [1.165, 1.54) is 21.6 Å². The van der Waals surface area contributed by atoms with Gasteiger partial charge in [-0.25, -0.2) is 0 Å². The molecule has 1 aromatic carbocycles. The largest absolute Gasteiger partial charge is 0.331 e. The van der Waals surface area contributed by atoms with E-state index in [0.717, 1.165) is 13.0 Å². The van der Waals surface area contributed by atoms with E-state index in [4.69, 9.17) is 0 Å². The van der Waals surface area contributed by atoms with Crippen LogP contribution < -0.4 is 0 Å². The molecular weight excluding hydrogens is 302 g/mol. The van der Waals surface area contributed by atoms with E-state index in [9.17, 15) is 4.79 Å². The van der Waals surface area contributed by atoms with Crippen molar-refractivity contribution in [3.8, 4) is 0 Å². The Morgan fingerprint density at radius 3 is 2.57 bits per heavy atom. The highest BCUT2D eigenvalue weighted by Crippen LogP contribution is 2.39. The van der Waals surface area contributed by atoms with Gasteiger partial charge in [0.25, 0.3) is 0 Å². The van der Waals surface area contributed by atoms with Crippen LogP contribution in [-0.4, -0.2) is 17.4 Å². The minimum absolute atomic E-state index is 0.0177. The summed E-state index contributed by atoms with van der Waals surface area (Å²) in [6, 6.07) is 10.9. The molecule has 1 atom stereocenters.